The van der Waals surface area contributed by atoms with Crippen molar-refractivity contribution >= 4 is 5.97 Å². The summed E-state index contributed by atoms with van der Waals surface area (Å²) in [5, 5.41) is 7.48. The van der Waals surface area contributed by atoms with Crippen LogP contribution in [-0.4, -0.2) is 34.4 Å². The summed E-state index contributed by atoms with van der Waals surface area (Å²) in [7, 11) is 0. The minimum Gasteiger partial charge on any atom is -0.459 e. The second-order valence-electron chi connectivity index (χ2n) is 5.77. The van der Waals surface area contributed by atoms with E-state index in [9.17, 15) is 4.79 Å². The first-order valence-corrected chi connectivity index (χ1v) is 6.71. The molecule has 1 aromatic rings. The zero-order valence-electron chi connectivity index (χ0n) is 12.6. The van der Waals surface area contributed by atoms with Crippen LogP contribution in [0.2, 0.25) is 0 Å². The maximum atomic E-state index is 11.4. The van der Waals surface area contributed by atoms with Crippen LogP contribution in [0.1, 0.15) is 38.6 Å². The average Bonchev–Trinajstić information content (AvgIpc) is 2.54. The van der Waals surface area contributed by atoms with Crippen molar-refractivity contribution in [3.63, 3.8) is 0 Å². The van der Waals surface area contributed by atoms with Gasteiger partial charge in [0.05, 0.1) is 12.2 Å². The van der Waals surface area contributed by atoms with E-state index in [0.717, 1.165) is 25.2 Å². The predicted molar refractivity (Wildman–Crippen MR) is 75.0 cm³/mol. The van der Waals surface area contributed by atoms with Gasteiger partial charge in [-0.1, -0.05) is 0 Å². The number of carbonyl (C=O) groups is 1. The maximum Gasteiger partial charge on any atom is 0.320 e. The molecule has 0 spiro atoms. The van der Waals surface area contributed by atoms with Crippen molar-refractivity contribution in [3.8, 4) is 0 Å². The molecule has 0 aromatic carbocycles. The minimum atomic E-state index is -0.414. The Labute approximate surface area is 115 Å². The molecule has 19 heavy (non-hydrogen) atoms. The number of rotatable bonds is 6. The number of hydrogen-bond donors (Lipinski definition) is 1. The van der Waals surface area contributed by atoms with Crippen molar-refractivity contribution in [1.82, 2.24) is 15.1 Å². The predicted octanol–water partition coefficient (Wildman–Crippen LogP) is 1.82. The Bertz CT molecular complexity index is 419. The van der Waals surface area contributed by atoms with Gasteiger partial charge in [0.2, 0.25) is 0 Å². The molecule has 0 saturated heterocycles. The van der Waals surface area contributed by atoms with Crippen molar-refractivity contribution in [1.29, 1.82) is 0 Å². The second kappa shape index (κ2) is 6.70. The first-order chi connectivity index (χ1) is 8.78. The van der Waals surface area contributed by atoms with E-state index in [2.05, 4.69) is 16.5 Å². The fourth-order valence-corrected chi connectivity index (χ4v) is 1.82. The molecule has 0 radical (unpaired) electrons. The van der Waals surface area contributed by atoms with Gasteiger partial charge in [-0.25, -0.2) is 0 Å². The summed E-state index contributed by atoms with van der Waals surface area (Å²) in [6.45, 7) is 11.5. The van der Waals surface area contributed by atoms with E-state index in [1.165, 1.54) is 5.69 Å². The van der Waals surface area contributed by atoms with Crippen LogP contribution >= 0.6 is 0 Å². The monoisotopic (exact) mass is 267 g/mol. The smallest absolute Gasteiger partial charge is 0.320 e. The number of aryl methyl sites for hydroxylation is 3. The molecule has 0 aliphatic heterocycles. The van der Waals surface area contributed by atoms with E-state index in [4.69, 9.17) is 4.74 Å². The lowest BCUT2D eigenvalue weighted by molar-refractivity contribution is -0.153. The Morgan fingerprint density at radius 1 is 1.42 bits per heavy atom. The van der Waals surface area contributed by atoms with Crippen molar-refractivity contribution in [2.45, 2.75) is 53.2 Å². The van der Waals surface area contributed by atoms with E-state index in [1.807, 2.05) is 39.3 Å². The standard InChI is InChI=1S/C14H25N3O2/c1-11-9-12(2)17(16-11)8-6-7-15-10-13(18)19-14(3,4)5/h9,15H,6-8,10H2,1-5H3. The van der Waals surface area contributed by atoms with E-state index >= 15 is 0 Å². The van der Waals surface area contributed by atoms with Crippen LogP contribution in [0.5, 0.6) is 0 Å². The molecule has 1 heterocycles. The average molecular weight is 267 g/mol. The van der Waals surface area contributed by atoms with Crippen molar-refractivity contribution < 1.29 is 9.53 Å². The molecule has 0 fully saturated rings. The molecule has 1 aromatic heterocycles. The van der Waals surface area contributed by atoms with Gasteiger partial charge in [0.15, 0.2) is 0 Å². The van der Waals surface area contributed by atoms with E-state index < -0.39 is 5.60 Å². The molecular weight excluding hydrogens is 242 g/mol. The van der Waals surface area contributed by atoms with Crippen molar-refractivity contribution in [2.24, 2.45) is 0 Å². The fourth-order valence-electron chi connectivity index (χ4n) is 1.82. The highest BCUT2D eigenvalue weighted by molar-refractivity contribution is 5.72. The molecule has 1 rings (SSSR count). The molecule has 1 N–H and O–H groups in total. The molecule has 0 aliphatic rings. The largest absolute Gasteiger partial charge is 0.459 e. The maximum absolute atomic E-state index is 11.4. The zero-order chi connectivity index (χ0) is 14.5. The Balaban J connectivity index is 2.15. The third kappa shape index (κ3) is 6.38. The number of esters is 1. The molecule has 5 heteroatoms. The van der Waals surface area contributed by atoms with Gasteiger partial charge in [-0.05, 0) is 53.7 Å². The molecule has 0 bridgehead atoms. The Morgan fingerprint density at radius 2 is 2.11 bits per heavy atom. The van der Waals surface area contributed by atoms with Gasteiger partial charge in [-0.2, -0.15) is 5.10 Å². The Morgan fingerprint density at radius 3 is 2.63 bits per heavy atom. The molecule has 5 nitrogen and oxygen atoms in total. The summed E-state index contributed by atoms with van der Waals surface area (Å²) in [6.07, 6.45) is 0.935. The summed E-state index contributed by atoms with van der Waals surface area (Å²) in [6, 6.07) is 2.06. The van der Waals surface area contributed by atoms with Crippen LogP contribution in [0, 0.1) is 13.8 Å². The van der Waals surface area contributed by atoms with Crippen LogP contribution < -0.4 is 5.32 Å². The fraction of sp³-hybridized carbons (Fsp3) is 0.714. The molecule has 0 saturated carbocycles. The molecule has 0 atom stereocenters. The van der Waals surface area contributed by atoms with Gasteiger partial charge in [-0.15, -0.1) is 0 Å². The first kappa shape index (κ1) is 15.7. The van der Waals surface area contributed by atoms with Crippen molar-refractivity contribution in [2.75, 3.05) is 13.1 Å². The van der Waals surface area contributed by atoms with Crippen molar-refractivity contribution in [3.05, 3.63) is 17.5 Å². The van der Waals surface area contributed by atoms with Gasteiger partial charge in [0.1, 0.15) is 5.60 Å². The minimum absolute atomic E-state index is 0.210. The topological polar surface area (TPSA) is 56.2 Å². The second-order valence-corrected chi connectivity index (χ2v) is 5.77. The summed E-state index contributed by atoms with van der Waals surface area (Å²) in [5.41, 5.74) is 1.80. The number of nitrogens with zero attached hydrogens (tertiary/aromatic N) is 2. The summed E-state index contributed by atoms with van der Waals surface area (Å²) in [5.74, 6) is -0.210. The highest BCUT2D eigenvalue weighted by atomic mass is 16.6. The number of carbonyl (C=O) groups excluding carboxylic acids is 1. The summed E-state index contributed by atoms with van der Waals surface area (Å²) >= 11 is 0. The quantitative estimate of drug-likeness (QED) is 0.631. The van der Waals surface area contributed by atoms with Crippen LogP contribution in [0.4, 0.5) is 0 Å². The van der Waals surface area contributed by atoms with Gasteiger partial charge >= 0.3 is 5.97 Å². The third-order valence-electron chi connectivity index (χ3n) is 2.52. The van der Waals surface area contributed by atoms with Crippen LogP contribution in [0.3, 0.4) is 0 Å². The van der Waals surface area contributed by atoms with Gasteiger partial charge in [0, 0.05) is 12.2 Å². The van der Waals surface area contributed by atoms with Crippen LogP contribution in [0.15, 0.2) is 6.07 Å². The first-order valence-electron chi connectivity index (χ1n) is 6.71. The zero-order valence-corrected chi connectivity index (χ0v) is 12.6. The highest BCUT2D eigenvalue weighted by Gasteiger charge is 2.15. The Hall–Kier alpha value is -1.36. The number of ether oxygens (including phenoxy) is 1. The molecule has 0 unspecified atom stereocenters. The SMILES string of the molecule is Cc1cc(C)n(CCCNCC(=O)OC(C)(C)C)n1. The molecule has 0 aliphatic carbocycles. The normalized spacial score (nSPS) is 11.6. The van der Waals surface area contributed by atoms with Gasteiger partial charge < -0.3 is 10.1 Å². The lowest BCUT2D eigenvalue weighted by Gasteiger charge is -2.19. The third-order valence-corrected chi connectivity index (χ3v) is 2.52. The number of aromatic nitrogens is 2. The van der Waals surface area contributed by atoms with Gasteiger partial charge in [0.25, 0.3) is 0 Å². The molecular formula is C14H25N3O2. The number of hydrogen-bond acceptors (Lipinski definition) is 4. The summed E-state index contributed by atoms with van der Waals surface area (Å²) < 4.78 is 7.20. The molecule has 108 valence electrons. The van der Waals surface area contributed by atoms with E-state index in [0.29, 0.717) is 0 Å². The van der Waals surface area contributed by atoms with E-state index in [1.54, 1.807) is 0 Å². The van der Waals surface area contributed by atoms with Crippen LogP contribution in [-0.2, 0) is 16.1 Å². The van der Waals surface area contributed by atoms with Gasteiger partial charge in [-0.3, -0.25) is 9.48 Å². The molecule has 0 amide bonds. The highest BCUT2D eigenvalue weighted by Crippen LogP contribution is 2.06. The lowest BCUT2D eigenvalue weighted by Crippen LogP contribution is -2.32. The van der Waals surface area contributed by atoms with E-state index in [-0.39, 0.29) is 12.5 Å². The lowest BCUT2D eigenvalue weighted by atomic mass is 10.2. The number of nitrogens with one attached hydrogen (secondary N) is 1. The summed E-state index contributed by atoms with van der Waals surface area (Å²) in [4.78, 5) is 11.4. The Kier molecular flexibility index (Phi) is 5.54. The van der Waals surface area contributed by atoms with Crippen LogP contribution in [0.25, 0.3) is 0 Å².